The molecule has 0 radical (unpaired) electrons. The average molecular weight is 304 g/mol. The van der Waals surface area contributed by atoms with Gasteiger partial charge in [0.1, 0.15) is 0 Å². The topological polar surface area (TPSA) is 29.1 Å². The molecule has 4 heteroatoms. The summed E-state index contributed by atoms with van der Waals surface area (Å²) in [6, 6.07) is 16.6. The highest BCUT2D eigenvalue weighted by molar-refractivity contribution is 8.02. The minimum Gasteiger partial charge on any atom is -0.349 e. The standard InChI is InChI=1S/C16H14ClNOS/c1-20-16(18-14-10-6-5-9-13(14)17)11-15(19)12-7-3-2-4-8-12/h2-11,18H,1H3. The van der Waals surface area contributed by atoms with E-state index in [9.17, 15) is 4.79 Å². The van der Waals surface area contributed by atoms with Crippen molar-refractivity contribution in [1.29, 1.82) is 0 Å². The summed E-state index contributed by atoms with van der Waals surface area (Å²) in [6.07, 6.45) is 3.50. The number of allylic oxidation sites excluding steroid dienone is 1. The Hall–Kier alpha value is -1.71. The molecule has 2 nitrogen and oxygen atoms in total. The third-order valence-corrected chi connectivity index (χ3v) is 3.66. The van der Waals surface area contributed by atoms with Crippen LogP contribution in [0.25, 0.3) is 0 Å². The van der Waals surface area contributed by atoms with Gasteiger partial charge in [0.15, 0.2) is 5.78 Å². The molecule has 102 valence electrons. The fourth-order valence-corrected chi connectivity index (χ4v) is 2.27. The first-order valence-electron chi connectivity index (χ1n) is 6.07. The molecule has 2 rings (SSSR count). The SMILES string of the molecule is CSC(=CC(=O)c1ccccc1)Nc1ccccc1Cl. The van der Waals surface area contributed by atoms with Crippen molar-refractivity contribution >= 4 is 34.8 Å². The van der Waals surface area contributed by atoms with Crippen LogP contribution >= 0.6 is 23.4 Å². The van der Waals surface area contributed by atoms with Gasteiger partial charge in [-0.2, -0.15) is 0 Å². The van der Waals surface area contributed by atoms with Crippen molar-refractivity contribution in [3.63, 3.8) is 0 Å². The van der Waals surface area contributed by atoms with E-state index in [-0.39, 0.29) is 5.78 Å². The van der Waals surface area contributed by atoms with E-state index in [1.165, 1.54) is 11.8 Å². The highest BCUT2D eigenvalue weighted by atomic mass is 35.5. The van der Waals surface area contributed by atoms with Crippen LogP contribution in [-0.2, 0) is 0 Å². The maximum absolute atomic E-state index is 12.1. The Bertz CT molecular complexity index is 625. The van der Waals surface area contributed by atoms with Gasteiger partial charge in [-0.1, -0.05) is 54.1 Å². The zero-order valence-corrected chi connectivity index (χ0v) is 12.5. The number of carbonyl (C=O) groups is 1. The highest BCUT2D eigenvalue weighted by Gasteiger charge is 2.06. The molecule has 0 bridgehead atoms. The fraction of sp³-hybridized carbons (Fsp3) is 0.0625. The molecule has 0 heterocycles. The van der Waals surface area contributed by atoms with E-state index in [1.54, 1.807) is 24.3 Å². The molecule has 0 aromatic heterocycles. The fourth-order valence-electron chi connectivity index (χ4n) is 1.65. The van der Waals surface area contributed by atoms with Gasteiger partial charge in [0.05, 0.1) is 15.7 Å². The molecule has 0 amide bonds. The minimum absolute atomic E-state index is 0.0329. The lowest BCUT2D eigenvalue weighted by Crippen LogP contribution is -2.01. The first kappa shape index (κ1) is 14.7. The number of rotatable bonds is 5. The predicted octanol–water partition coefficient (Wildman–Crippen LogP) is 4.84. The Morgan fingerprint density at radius 3 is 2.40 bits per heavy atom. The quantitative estimate of drug-likeness (QED) is 0.633. The molecule has 0 saturated carbocycles. The number of thioether (sulfide) groups is 1. The summed E-state index contributed by atoms with van der Waals surface area (Å²) < 4.78 is 0. The van der Waals surface area contributed by atoms with E-state index in [0.29, 0.717) is 10.6 Å². The van der Waals surface area contributed by atoms with Crippen LogP contribution in [0, 0.1) is 0 Å². The molecule has 0 saturated heterocycles. The summed E-state index contributed by atoms with van der Waals surface area (Å²) in [5, 5.41) is 4.55. The maximum Gasteiger partial charge on any atom is 0.188 e. The number of hydrogen-bond acceptors (Lipinski definition) is 3. The first-order chi connectivity index (χ1) is 9.70. The second-order valence-electron chi connectivity index (χ2n) is 4.05. The second-order valence-corrected chi connectivity index (χ2v) is 5.30. The smallest absolute Gasteiger partial charge is 0.188 e. The van der Waals surface area contributed by atoms with Crippen molar-refractivity contribution in [2.45, 2.75) is 0 Å². The zero-order valence-electron chi connectivity index (χ0n) is 11.0. The van der Waals surface area contributed by atoms with E-state index < -0.39 is 0 Å². The summed E-state index contributed by atoms with van der Waals surface area (Å²) in [5.74, 6) is -0.0329. The van der Waals surface area contributed by atoms with Gasteiger partial charge in [-0.25, -0.2) is 0 Å². The number of hydrogen-bond donors (Lipinski definition) is 1. The van der Waals surface area contributed by atoms with Crippen LogP contribution in [-0.4, -0.2) is 12.0 Å². The number of nitrogens with one attached hydrogen (secondary N) is 1. The van der Waals surface area contributed by atoms with Crippen LogP contribution in [0.2, 0.25) is 5.02 Å². The lowest BCUT2D eigenvalue weighted by molar-refractivity contribution is 0.104. The van der Waals surface area contributed by atoms with Crippen LogP contribution in [0.5, 0.6) is 0 Å². The zero-order chi connectivity index (χ0) is 14.4. The Kier molecular flexibility index (Phi) is 5.27. The van der Waals surface area contributed by atoms with Crippen LogP contribution in [0.1, 0.15) is 10.4 Å². The second kappa shape index (κ2) is 7.17. The van der Waals surface area contributed by atoms with Gasteiger partial charge >= 0.3 is 0 Å². The van der Waals surface area contributed by atoms with Gasteiger partial charge in [-0.3, -0.25) is 4.79 Å². The molecule has 0 aliphatic rings. The number of anilines is 1. The summed E-state index contributed by atoms with van der Waals surface area (Å²) in [5.41, 5.74) is 1.45. The molecule has 2 aromatic rings. The predicted molar refractivity (Wildman–Crippen MR) is 87.4 cm³/mol. The molecule has 0 spiro atoms. The van der Waals surface area contributed by atoms with Crippen molar-refractivity contribution in [1.82, 2.24) is 0 Å². The lowest BCUT2D eigenvalue weighted by Gasteiger charge is -2.09. The average Bonchev–Trinajstić information content (AvgIpc) is 2.49. The molecule has 1 N–H and O–H groups in total. The molecule has 2 aromatic carbocycles. The Balaban J connectivity index is 2.18. The van der Waals surface area contributed by atoms with E-state index in [0.717, 1.165) is 10.7 Å². The molecule has 0 unspecified atom stereocenters. The van der Waals surface area contributed by atoms with Crippen molar-refractivity contribution in [2.75, 3.05) is 11.6 Å². The Labute approximate surface area is 127 Å². The van der Waals surface area contributed by atoms with E-state index in [2.05, 4.69) is 5.32 Å². The molecule has 0 aliphatic carbocycles. The third kappa shape index (κ3) is 3.89. The van der Waals surface area contributed by atoms with E-state index >= 15 is 0 Å². The van der Waals surface area contributed by atoms with Crippen LogP contribution in [0.3, 0.4) is 0 Å². The number of ketones is 1. The van der Waals surface area contributed by atoms with Crippen molar-refractivity contribution in [2.24, 2.45) is 0 Å². The van der Waals surface area contributed by atoms with Crippen molar-refractivity contribution in [3.05, 3.63) is 76.3 Å². The third-order valence-electron chi connectivity index (χ3n) is 2.67. The van der Waals surface area contributed by atoms with Gasteiger partial charge in [0, 0.05) is 11.6 Å². The Morgan fingerprint density at radius 2 is 1.75 bits per heavy atom. The number of carbonyl (C=O) groups excluding carboxylic acids is 1. The highest BCUT2D eigenvalue weighted by Crippen LogP contribution is 2.25. The largest absolute Gasteiger partial charge is 0.349 e. The minimum atomic E-state index is -0.0329. The van der Waals surface area contributed by atoms with Gasteiger partial charge < -0.3 is 5.32 Å². The summed E-state index contributed by atoms with van der Waals surface area (Å²) in [6.45, 7) is 0. The molecule has 20 heavy (non-hydrogen) atoms. The van der Waals surface area contributed by atoms with Crippen molar-refractivity contribution < 1.29 is 4.79 Å². The molecular formula is C16H14ClNOS. The number of halogens is 1. The number of para-hydroxylation sites is 1. The van der Waals surface area contributed by atoms with E-state index in [4.69, 9.17) is 11.6 Å². The van der Waals surface area contributed by atoms with Gasteiger partial charge in [-0.15, -0.1) is 11.8 Å². The van der Waals surface area contributed by atoms with E-state index in [1.807, 2.05) is 42.7 Å². The molecule has 0 fully saturated rings. The number of benzene rings is 2. The molecular weight excluding hydrogens is 290 g/mol. The van der Waals surface area contributed by atoms with Crippen LogP contribution in [0.4, 0.5) is 5.69 Å². The molecule has 0 atom stereocenters. The monoisotopic (exact) mass is 303 g/mol. The van der Waals surface area contributed by atoms with Crippen molar-refractivity contribution in [3.8, 4) is 0 Å². The van der Waals surface area contributed by atoms with Gasteiger partial charge in [0.2, 0.25) is 0 Å². The maximum atomic E-state index is 12.1. The lowest BCUT2D eigenvalue weighted by atomic mass is 10.1. The van der Waals surface area contributed by atoms with Crippen LogP contribution in [0.15, 0.2) is 65.7 Å². The first-order valence-corrected chi connectivity index (χ1v) is 7.67. The van der Waals surface area contributed by atoms with Gasteiger partial charge in [0.25, 0.3) is 0 Å². The van der Waals surface area contributed by atoms with Crippen LogP contribution < -0.4 is 5.32 Å². The summed E-state index contributed by atoms with van der Waals surface area (Å²) in [7, 11) is 0. The summed E-state index contributed by atoms with van der Waals surface area (Å²) >= 11 is 7.56. The molecule has 0 aliphatic heterocycles. The van der Waals surface area contributed by atoms with Gasteiger partial charge in [-0.05, 0) is 18.4 Å². The Morgan fingerprint density at radius 1 is 1.10 bits per heavy atom. The summed E-state index contributed by atoms with van der Waals surface area (Å²) in [4.78, 5) is 12.1. The normalized spacial score (nSPS) is 11.2.